The molecule has 1 aromatic carbocycles. The number of nitrogens with one attached hydrogen (secondary N) is 2. The second-order valence-corrected chi connectivity index (χ2v) is 3.39. The van der Waals surface area contributed by atoms with Gasteiger partial charge in [0.2, 0.25) is 5.91 Å². The van der Waals surface area contributed by atoms with Crippen molar-refractivity contribution in [2.45, 2.75) is 6.92 Å². The molecule has 0 saturated heterocycles. The van der Waals surface area contributed by atoms with E-state index in [1.54, 1.807) is 12.3 Å². The van der Waals surface area contributed by atoms with E-state index in [9.17, 15) is 4.79 Å². The lowest BCUT2D eigenvalue weighted by Gasteiger charge is -2.10. The Morgan fingerprint density at radius 1 is 1.24 bits per heavy atom. The number of amides is 1. The first-order valence-electron chi connectivity index (χ1n) is 5.08. The molecule has 0 saturated carbocycles. The fourth-order valence-electron chi connectivity index (χ4n) is 1.36. The van der Waals surface area contributed by atoms with Crippen molar-refractivity contribution < 1.29 is 4.79 Å². The number of benzene rings is 1. The van der Waals surface area contributed by atoms with Gasteiger partial charge in [-0.25, -0.2) is 9.97 Å². The molecule has 0 aliphatic rings. The van der Waals surface area contributed by atoms with Crippen LogP contribution < -0.4 is 10.6 Å². The molecular weight excluding hydrogens is 216 g/mol. The molecule has 0 spiro atoms. The van der Waals surface area contributed by atoms with Crippen LogP contribution in [0.5, 0.6) is 0 Å². The Bertz CT molecular complexity index is 513. The van der Waals surface area contributed by atoms with E-state index in [1.807, 2.05) is 24.3 Å². The molecular formula is C12H11N4O. The Morgan fingerprint density at radius 3 is 2.65 bits per heavy atom. The summed E-state index contributed by atoms with van der Waals surface area (Å²) >= 11 is 0. The average Bonchev–Trinajstić information content (AvgIpc) is 2.32. The highest BCUT2D eigenvalue weighted by molar-refractivity contribution is 5.93. The molecule has 2 aromatic rings. The number of nitrogens with zero attached hydrogens (tertiary/aromatic N) is 2. The Balaban J connectivity index is 2.23. The van der Waals surface area contributed by atoms with Gasteiger partial charge in [-0.15, -0.1) is 0 Å². The summed E-state index contributed by atoms with van der Waals surface area (Å²) in [5.41, 5.74) is 1.48. The summed E-state index contributed by atoms with van der Waals surface area (Å²) in [4.78, 5) is 18.7. The number of hydrogen-bond acceptors (Lipinski definition) is 4. The van der Waals surface area contributed by atoms with Crippen molar-refractivity contribution in [3.63, 3.8) is 0 Å². The van der Waals surface area contributed by atoms with Gasteiger partial charge in [0.15, 0.2) is 6.33 Å². The SMILES string of the molecule is CC(=O)Nc1ccccc1Nc1ccn[c]n1. The van der Waals surface area contributed by atoms with E-state index in [4.69, 9.17) is 0 Å². The van der Waals surface area contributed by atoms with Gasteiger partial charge in [0, 0.05) is 13.1 Å². The maximum atomic E-state index is 11.0. The number of carbonyl (C=O) groups excluding carboxylic acids is 1. The van der Waals surface area contributed by atoms with Gasteiger partial charge in [-0.2, -0.15) is 0 Å². The highest BCUT2D eigenvalue weighted by Crippen LogP contribution is 2.23. The largest absolute Gasteiger partial charge is 0.338 e. The zero-order valence-corrected chi connectivity index (χ0v) is 9.27. The van der Waals surface area contributed by atoms with Crippen LogP contribution in [-0.4, -0.2) is 15.9 Å². The van der Waals surface area contributed by atoms with Crippen molar-refractivity contribution in [1.82, 2.24) is 9.97 Å². The summed E-state index contributed by atoms with van der Waals surface area (Å²) in [5, 5.41) is 5.82. The summed E-state index contributed by atoms with van der Waals surface area (Å²) in [6.07, 6.45) is 4.09. The molecule has 0 aliphatic carbocycles. The number of hydrogen-bond donors (Lipinski definition) is 2. The highest BCUT2D eigenvalue weighted by Gasteiger charge is 2.03. The lowest BCUT2D eigenvalue weighted by molar-refractivity contribution is -0.114. The van der Waals surface area contributed by atoms with Crippen LogP contribution in [0.2, 0.25) is 0 Å². The van der Waals surface area contributed by atoms with E-state index in [0.29, 0.717) is 11.5 Å². The minimum Gasteiger partial charge on any atom is -0.338 e. The summed E-state index contributed by atoms with van der Waals surface area (Å²) in [7, 11) is 0. The zero-order valence-electron chi connectivity index (χ0n) is 9.27. The first-order valence-corrected chi connectivity index (χ1v) is 5.08. The Labute approximate surface area is 98.9 Å². The van der Waals surface area contributed by atoms with Gasteiger partial charge in [-0.1, -0.05) is 12.1 Å². The van der Waals surface area contributed by atoms with E-state index < -0.39 is 0 Å². The third kappa shape index (κ3) is 3.01. The third-order valence-corrected chi connectivity index (χ3v) is 2.04. The van der Waals surface area contributed by atoms with Crippen LogP contribution in [0.15, 0.2) is 36.5 Å². The van der Waals surface area contributed by atoms with Crippen LogP contribution in [0.1, 0.15) is 6.92 Å². The second kappa shape index (κ2) is 5.07. The van der Waals surface area contributed by atoms with Gasteiger partial charge in [0.1, 0.15) is 5.82 Å². The number of rotatable bonds is 3. The van der Waals surface area contributed by atoms with Crippen molar-refractivity contribution >= 4 is 23.1 Å². The van der Waals surface area contributed by atoms with Crippen molar-refractivity contribution in [3.8, 4) is 0 Å². The standard InChI is InChI=1S/C12H11N4O/c1-9(17)15-10-4-2-3-5-11(10)16-12-6-7-13-8-14-12/h2-7H,1H3,(H,15,17)(H,13,14,16). The van der Waals surface area contributed by atoms with E-state index in [-0.39, 0.29) is 5.91 Å². The minimum atomic E-state index is -0.117. The van der Waals surface area contributed by atoms with Gasteiger partial charge in [-0.3, -0.25) is 4.79 Å². The molecule has 5 nitrogen and oxygen atoms in total. The first kappa shape index (κ1) is 11.1. The predicted octanol–water partition coefficient (Wildman–Crippen LogP) is 1.98. The van der Waals surface area contributed by atoms with Crippen molar-refractivity contribution in [2.75, 3.05) is 10.6 Å². The normalized spacial score (nSPS) is 9.71. The van der Waals surface area contributed by atoms with Gasteiger partial charge in [0.05, 0.1) is 11.4 Å². The van der Waals surface area contributed by atoms with Gasteiger partial charge in [-0.05, 0) is 18.2 Å². The molecule has 1 aromatic heterocycles. The molecule has 0 aliphatic heterocycles. The molecule has 2 N–H and O–H groups in total. The molecule has 1 radical (unpaired) electrons. The van der Waals surface area contributed by atoms with E-state index >= 15 is 0 Å². The summed E-state index contributed by atoms with van der Waals surface area (Å²) in [6.45, 7) is 1.47. The smallest absolute Gasteiger partial charge is 0.221 e. The second-order valence-electron chi connectivity index (χ2n) is 3.39. The number of para-hydroxylation sites is 2. The van der Waals surface area contributed by atoms with Crippen molar-refractivity contribution in [1.29, 1.82) is 0 Å². The average molecular weight is 227 g/mol. The topological polar surface area (TPSA) is 66.9 Å². The lowest BCUT2D eigenvalue weighted by atomic mass is 10.2. The van der Waals surface area contributed by atoms with Crippen LogP contribution >= 0.6 is 0 Å². The fraction of sp³-hybridized carbons (Fsp3) is 0.0833. The van der Waals surface area contributed by atoms with Gasteiger partial charge >= 0.3 is 0 Å². The van der Waals surface area contributed by atoms with Crippen LogP contribution in [0.3, 0.4) is 0 Å². The molecule has 0 fully saturated rings. The van der Waals surface area contributed by atoms with Crippen molar-refractivity contribution in [2.24, 2.45) is 0 Å². The quantitative estimate of drug-likeness (QED) is 0.841. The van der Waals surface area contributed by atoms with Crippen molar-refractivity contribution in [3.05, 3.63) is 42.9 Å². The molecule has 17 heavy (non-hydrogen) atoms. The predicted molar refractivity (Wildman–Crippen MR) is 64.9 cm³/mol. The minimum absolute atomic E-state index is 0.117. The lowest BCUT2D eigenvalue weighted by Crippen LogP contribution is -2.08. The molecule has 2 rings (SSSR count). The van der Waals surface area contributed by atoms with Crippen LogP contribution in [-0.2, 0) is 4.79 Å². The monoisotopic (exact) mass is 227 g/mol. The molecule has 0 unspecified atom stereocenters. The van der Waals surface area contributed by atoms with Gasteiger partial charge in [0.25, 0.3) is 0 Å². The summed E-state index contributed by atoms with van der Waals surface area (Å²) in [5.74, 6) is 0.506. The molecule has 5 heteroatoms. The van der Waals surface area contributed by atoms with Crippen LogP contribution in [0.25, 0.3) is 0 Å². The molecule has 0 atom stereocenters. The highest BCUT2D eigenvalue weighted by atomic mass is 16.1. The Morgan fingerprint density at radius 2 is 2.00 bits per heavy atom. The first-order chi connectivity index (χ1) is 8.25. The maximum Gasteiger partial charge on any atom is 0.221 e. The molecule has 0 bridgehead atoms. The maximum absolute atomic E-state index is 11.0. The number of anilines is 3. The van der Waals surface area contributed by atoms with E-state index in [0.717, 1.165) is 5.69 Å². The number of carbonyl (C=O) groups is 1. The fourth-order valence-corrected chi connectivity index (χ4v) is 1.36. The Hall–Kier alpha value is -2.43. The molecule has 1 amide bonds. The van der Waals surface area contributed by atoms with E-state index in [1.165, 1.54) is 6.92 Å². The van der Waals surface area contributed by atoms with Crippen LogP contribution in [0, 0.1) is 6.33 Å². The molecule has 1 heterocycles. The van der Waals surface area contributed by atoms with Crippen LogP contribution in [0.4, 0.5) is 17.2 Å². The summed E-state index contributed by atoms with van der Waals surface area (Å²) < 4.78 is 0. The number of aromatic nitrogens is 2. The third-order valence-electron chi connectivity index (χ3n) is 2.04. The van der Waals surface area contributed by atoms with E-state index in [2.05, 4.69) is 26.9 Å². The molecule has 85 valence electrons. The Kier molecular flexibility index (Phi) is 3.30. The summed E-state index contributed by atoms with van der Waals surface area (Å²) in [6, 6.07) is 9.12. The zero-order chi connectivity index (χ0) is 12.1. The van der Waals surface area contributed by atoms with Gasteiger partial charge < -0.3 is 10.6 Å².